The van der Waals surface area contributed by atoms with Crippen molar-refractivity contribution in [3.05, 3.63) is 71.3 Å². The minimum atomic E-state index is -0.535. The van der Waals surface area contributed by atoms with Crippen LogP contribution in [0.25, 0.3) is 0 Å². The minimum Gasteiger partial charge on any atom is -0.318 e. The number of benzene rings is 2. The van der Waals surface area contributed by atoms with E-state index in [9.17, 15) is 4.79 Å². The summed E-state index contributed by atoms with van der Waals surface area (Å²) in [5.41, 5.74) is 9.03. The van der Waals surface area contributed by atoms with E-state index in [0.29, 0.717) is 6.42 Å². The first kappa shape index (κ1) is 12.5. The van der Waals surface area contributed by atoms with Crippen molar-refractivity contribution in [3.63, 3.8) is 0 Å². The molecule has 0 radical (unpaired) electrons. The summed E-state index contributed by atoms with van der Waals surface area (Å²) in [6, 6.07) is 16.9. The van der Waals surface area contributed by atoms with Crippen LogP contribution >= 0.6 is 0 Å². The third kappa shape index (κ3) is 3.05. The molecule has 2 nitrogen and oxygen atoms in total. The molecule has 0 amide bonds. The molecular formula is C16H17NO. The van der Waals surface area contributed by atoms with E-state index in [2.05, 4.69) is 0 Å². The molecule has 0 spiro atoms. The fraction of sp³-hybridized carbons (Fsp3) is 0.188. The second-order valence-electron chi connectivity index (χ2n) is 4.52. The van der Waals surface area contributed by atoms with E-state index in [1.165, 1.54) is 0 Å². The van der Waals surface area contributed by atoms with Crippen molar-refractivity contribution in [1.29, 1.82) is 0 Å². The lowest BCUT2D eigenvalue weighted by atomic mass is 9.98. The van der Waals surface area contributed by atoms with Crippen LogP contribution in [0.2, 0.25) is 0 Å². The largest absolute Gasteiger partial charge is 0.318 e. The Bertz CT molecular complexity index is 534. The quantitative estimate of drug-likeness (QED) is 0.891. The van der Waals surface area contributed by atoms with Crippen LogP contribution < -0.4 is 5.73 Å². The first-order valence-corrected chi connectivity index (χ1v) is 6.05. The third-order valence-corrected chi connectivity index (χ3v) is 2.97. The molecule has 0 aromatic heterocycles. The standard InChI is InChI=1S/C16H17NO/c1-12-6-5-7-13(10-12)11-15(18)16(17)14-8-3-2-4-9-14/h2-10,16H,11,17H2,1H3. The number of hydrogen-bond donors (Lipinski definition) is 1. The fourth-order valence-corrected chi connectivity index (χ4v) is 1.98. The Morgan fingerprint density at radius 3 is 2.50 bits per heavy atom. The molecule has 0 bridgehead atoms. The fourth-order valence-electron chi connectivity index (χ4n) is 1.98. The minimum absolute atomic E-state index is 0.0480. The Kier molecular flexibility index (Phi) is 3.90. The smallest absolute Gasteiger partial charge is 0.158 e. The molecule has 92 valence electrons. The van der Waals surface area contributed by atoms with Gasteiger partial charge in [0, 0.05) is 6.42 Å². The van der Waals surface area contributed by atoms with E-state index in [4.69, 9.17) is 5.73 Å². The Morgan fingerprint density at radius 2 is 1.83 bits per heavy atom. The van der Waals surface area contributed by atoms with E-state index >= 15 is 0 Å². The summed E-state index contributed by atoms with van der Waals surface area (Å²) in [5.74, 6) is 0.0480. The number of rotatable bonds is 4. The van der Waals surface area contributed by atoms with Gasteiger partial charge in [0.15, 0.2) is 5.78 Å². The summed E-state index contributed by atoms with van der Waals surface area (Å²) in [6.07, 6.45) is 0.387. The SMILES string of the molecule is Cc1cccc(CC(=O)C(N)c2ccccc2)c1. The first-order valence-electron chi connectivity index (χ1n) is 6.05. The number of hydrogen-bond acceptors (Lipinski definition) is 2. The van der Waals surface area contributed by atoms with Crippen LogP contribution in [0.5, 0.6) is 0 Å². The van der Waals surface area contributed by atoms with E-state index in [1.54, 1.807) is 0 Å². The lowest BCUT2D eigenvalue weighted by Crippen LogP contribution is -2.23. The molecule has 2 heteroatoms. The van der Waals surface area contributed by atoms with Crippen LogP contribution in [0.15, 0.2) is 54.6 Å². The van der Waals surface area contributed by atoms with Gasteiger partial charge in [-0.25, -0.2) is 0 Å². The number of ketones is 1. The predicted molar refractivity (Wildman–Crippen MR) is 73.3 cm³/mol. The van der Waals surface area contributed by atoms with E-state index < -0.39 is 6.04 Å². The Balaban J connectivity index is 2.09. The predicted octanol–water partition coefficient (Wildman–Crippen LogP) is 2.81. The van der Waals surface area contributed by atoms with Crippen LogP contribution in [0.3, 0.4) is 0 Å². The summed E-state index contributed by atoms with van der Waals surface area (Å²) in [5, 5.41) is 0. The molecule has 0 aliphatic heterocycles. The van der Waals surface area contributed by atoms with Crippen LogP contribution in [-0.2, 0) is 11.2 Å². The van der Waals surface area contributed by atoms with E-state index in [-0.39, 0.29) is 5.78 Å². The zero-order valence-electron chi connectivity index (χ0n) is 10.5. The number of carbonyl (C=O) groups is 1. The Morgan fingerprint density at radius 1 is 1.11 bits per heavy atom. The van der Waals surface area contributed by atoms with Gasteiger partial charge in [0.2, 0.25) is 0 Å². The van der Waals surface area contributed by atoms with Crippen molar-refractivity contribution >= 4 is 5.78 Å². The summed E-state index contributed by atoms with van der Waals surface area (Å²) in [7, 11) is 0. The molecule has 2 rings (SSSR count). The normalized spacial score (nSPS) is 12.1. The zero-order chi connectivity index (χ0) is 13.0. The van der Waals surface area contributed by atoms with Crippen LogP contribution in [0, 0.1) is 6.92 Å². The lowest BCUT2D eigenvalue weighted by Gasteiger charge is -2.11. The molecule has 0 saturated carbocycles. The molecule has 2 aromatic carbocycles. The maximum absolute atomic E-state index is 12.1. The van der Waals surface area contributed by atoms with Gasteiger partial charge in [-0.1, -0.05) is 60.2 Å². The van der Waals surface area contributed by atoms with Crippen molar-refractivity contribution in [1.82, 2.24) is 0 Å². The zero-order valence-corrected chi connectivity index (χ0v) is 10.5. The average Bonchev–Trinajstić information content (AvgIpc) is 2.39. The number of aryl methyl sites for hydroxylation is 1. The highest BCUT2D eigenvalue weighted by molar-refractivity contribution is 5.87. The van der Waals surface area contributed by atoms with Crippen molar-refractivity contribution in [2.75, 3.05) is 0 Å². The molecule has 0 saturated heterocycles. The molecule has 2 N–H and O–H groups in total. The highest BCUT2D eigenvalue weighted by atomic mass is 16.1. The molecule has 0 aliphatic carbocycles. The number of carbonyl (C=O) groups excluding carboxylic acids is 1. The molecule has 0 fully saturated rings. The first-order chi connectivity index (χ1) is 8.66. The summed E-state index contributed by atoms with van der Waals surface area (Å²) >= 11 is 0. The Labute approximate surface area is 107 Å². The van der Waals surface area contributed by atoms with Crippen LogP contribution in [0.4, 0.5) is 0 Å². The van der Waals surface area contributed by atoms with Gasteiger partial charge in [-0.3, -0.25) is 4.79 Å². The maximum atomic E-state index is 12.1. The van der Waals surface area contributed by atoms with Crippen LogP contribution in [-0.4, -0.2) is 5.78 Å². The van der Waals surface area contributed by atoms with Crippen molar-refractivity contribution in [2.24, 2.45) is 5.73 Å². The van der Waals surface area contributed by atoms with Crippen molar-refractivity contribution in [3.8, 4) is 0 Å². The Hall–Kier alpha value is -1.93. The molecule has 18 heavy (non-hydrogen) atoms. The van der Waals surface area contributed by atoms with Gasteiger partial charge in [-0.2, -0.15) is 0 Å². The topological polar surface area (TPSA) is 43.1 Å². The highest BCUT2D eigenvalue weighted by Gasteiger charge is 2.15. The third-order valence-electron chi connectivity index (χ3n) is 2.97. The molecular weight excluding hydrogens is 222 g/mol. The summed E-state index contributed by atoms with van der Waals surface area (Å²) in [6.45, 7) is 2.02. The lowest BCUT2D eigenvalue weighted by molar-refractivity contribution is -0.119. The maximum Gasteiger partial charge on any atom is 0.158 e. The molecule has 1 unspecified atom stereocenters. The van der Waals surface area contributed by atoms with Crippen LogP contribution in [0.1, 0.15) is 22.7 Å². The van der Waals surface area contributed by atoms with Gasteiger partial charge in [0.1, 0.15) is 0 Å². The monoisotopic (exact) mass is 239 g/mol. The molecule has 0 aliphatic rings. The van der Waals surface area contributed by atoms with Crippen molar-refractivity contribution in [2.45, 2.75) is 19.4 Å². The molecule has 2 aromatic rings. The molecule has 0 heterocycles. The van der Waals surface area contributed by atoms with Gasteiger partial charge in [0.25, 0.3) is 0 Å². The van der Waals surface area contributed by atoms with E-state index in [1.807, 2.05) is 61.5 Å². The van der Waals surface area contributed by atoms with Gasteiger partial charge in [0.05, 0.1) is 6.04 Å². The number of nitrogens with two attached hydrogens (primary N) is 1. The number of Topliss-reactive ketones (excluding diaryl/α,β-unsaturated/α-hetero) is 1. The highest BCUT2D eigenvalue weighted by Crippen LogP contribution is 2.14. The second-order valence-corrected chi connectivity index (χ2v) is 4.52. The van der Waals surface area contributed by atoms with Gasteiger partial charge in [-0.05, 0) is 18.1 Å². The van der Waals surface area contributed by atoms with Gasteiger partial charge in [-0.15, -0.1) is 0 Å². The van der Waals surface area contributed by atoms with Gasteiger partial charge < -0.3 is 5.73 Å². The second kappa shape index (κ2) is 5.61. The summed E-state index contributed by atoms with van der Waals surface area (Å²) in [4.78, 5) is 12.1. The van der Waals surface area contributed by atoms with Gasteiger partial charge >= 0.3 is 0 Å². The van der Waals surface area contributed by atoms with E-state index in [0.717, 1.165) is 16.7 Å². The summed E-state index contributed by atoms with van der Waals surface area (Å²) < 4.78 is 0. The van der Waals surface area contributed by atoms with Crippen molar-refractivity contribution < 1.29 is 4.79 Å². The molecule has 1 atom stereocenters. The average molecular weight is 239 g/mol.